The molecule has 1 saturated heterocycles. The van der Waals surface area contributed by atoms with Gasteiger partial charge in [0.25, 0.3) is 0 Å². The molecule has 1 rings (SSSR count). The molecule has 0 bridgehead atoms. The summed E-state index contributed by atoms with van der Waals surface area (Å²) in [6.07, 6.45) is 0. The van der Waals surface area contributed by atoms with Gasteiger partial charge in [-0.1, -0.05) is 0 Å². The Hall–Kier alpha value is -0.650. The van der Waals surface area contributed by atoms with Crippen LogP contribution in [0.25, 0.3) is 0 Å². The lowest BCUT2D eigenvalue weighted by Crippen LogP contribution is -2.53. The van der Waals surface area contributed by atoms with Crippen LogP contribution in [0.5, 0.6) is 0 Å². The minimum Gasteiger partial charge on any atom is -0.387 e. The lowest BCUT2D eigenvalue weighted by Gasteiger charge is -2.34. The van der Waals surface area contributed by atoms with E-state index in [-0.39, 0.29) is 42.0 Å². The van der Waals surface area contributed by atoms with Gasteiger partial charge >= 0.3 is 0 Å². The van der Waals surface area contributed by atoms with Crippen molar-refractivity contribution in [1.82, 2.24) is 20.9 Å². The minimum absolute atomic E-state index is 0. The van der Waals surface area contributed by atoms with Gasteiger partial charge in [-0.15, -0.1) is 24.0 Å². The number of β-amino-alcohol motifs (C(OH)–C–C–N with tert-alkyl or cyclic N) is 1. The normalized spacial score (nSPS) is 18.5. The fourth-order valence-electron chi connectivity index (χ4n) is 2.52. The second-order valence-corrected chi connectivity index (χ2v) is 7.73. The van der Waals surface area contributed by atoms with Crippen LogP contribution in [-0.2, 0) is 9.53 Å². The molecule has 1 aliphatic rings. The number of amides is 1. The first-order valence-electron chi connectivity index (χ1n) is 8.97. The van der Waals surface area contributed by atoms with Crippen molar-refractivity contribution in [2.45, 2.75) is 45.8 Å². The molecule has 0 aliphatic carbocycles. The molecule has 4 N–H and O–H groups in total. The van der Waals surface area contributed by atoms with Gasteiger partial charge in [0.1, 0.15) is 6.54 Å². The number of rotatable bonds is 7. The van der Waals surface area contributed by atoms with Crippen molar-refractivity contribution in [1.29, 1.82) is 0 Å². The zero-order valence-corrected chi connectivity index (χ0v) is 19.1. The topological polar surface area (TPSA) is 98.2 Å². The first-order chi connectivity index (χ1) is 11.6. The van der Waals surface area contributed by atoms with Gasteiger partial charge in [-0.05, 0) is 34.6 Å². The molecule has 9 heteroatoms. The number of guanidine groups is 1. The maximum atomic E-state index is 11.9. The van der Waals surface area contributed by atoms with E-state index in [4.69, 9.17) is 4.74 Å². The fourth-order valence-corrected chi connectivity index (χ4v) is 2.52. The highest BCUT2D eigenvalue weighted by atomic mass is 127. The van der Waals surface area contributed by atoms with Crippen LogP contribution in [0, 0.1) is 0 Å². The summed E-state index contributed by atoms with van der Waals surface area (Å²) in [6.45, 7) is 14.2. The van der Waals surface area contributed by atoms with Crippen LogP contribution in [-0.4, -0.2) is 85.5 Å². The molecule has 8 nitrogen and oxygen atoms in total. The average molecular weight is 485 g/mol. The number of nitrogens with zero attached hydrogens (tertiary/aromatic N) is 2. The highest BCUT2D eigenvalue weighted by Gasteiger charge is 2.25. The maximum absolute atomic E-state index is 11.9. The predicted molar refractivity (Wildman–Crippen MR) is 115 cm³/mol. The smallest absolute Gasteiger partial charge is 0.242 e. The number of aliphatic imine (C=N–C) groups is 1. The molecule has 0 aromatic heterocycles. The third-order valence-corrected chi connectivity index (χ3v) is 3.54. The first kappa shape index (κ1) is 25.4. The Bertz CT molecular complexity index is 446. The summed E-state index contributed by atoms with van der Waals surface area (Å²) in [6, 6.07) is 0. The van der Waals surface area contributed by atoms with E-state index in [1.807, 2.05) is 27.7 Å². The SMILES string of the molecule is CCNC(=NCC(=O)NC(C)(C)C)NCC(C)(O)CN1CCOCC1.I. The molecule has 1 heterocycles. The molecule has 0 radical (unpaired) electrons. The van der Waals surface area contributed by atoms with Crippen molar-refractivity contribution in [3.63, 3.8) is 0 Å². The van der Waals surface area contributed by atoms with Crippen LogP contribution >= 0.6 is 24.0 Å². The van der Waals surface area contributed by atoms with E-state index in [0.717, 1.165) is 13.1 Å². The second kappa shape index (κ2) is 11.9. The fraction of sp³-hybridized carbons (Fsp3) is 0.882. The van der Waals surface area contributed by atoms with Gasteiger partial charge in [-0.25, -0.2) is 4.99 Å². The first-order valence-corrected chi connectivity index (χ1v) is 8.97. The van der Waals surface area contributed by atoms with Crippen molar-refractivity contribution < 1.29 is 14.6 Å². The van der Waals surface area contributed by atoms with Crippen LogP contribution in [0.4, 0.5) is 0 Å². The molecule has 1 atom stereocenters. The number of carbonyl (C=O) groups is 1. The number of hydrogen-bond acceptors (Lipinski definition) is 5. The molecule has 0 saturated carbocycles. The van der Waals surface area contributed by atoms with Gasteiger partial charge in [-0.3, -0.25) is 9.69 Å². The number of carbonyl (C=O) groups excluding carboxylic acids is 1. The van der Waals surface area contributed by atoms with Crippen LogP contribution in [0.2, 0.25) is 0 Å². The molecule has 26 heavy (non-hydrogen) atoms. The lowest BCUT2D eigenvalue weighted by atomic mass is 10.1. The van der Waals surface area contributed by atoms with Crippen LogP contribution in [0.1, 0.15) is 34.6 Å². The Morgan fingerprint density at radius 1 is 1.19 bits per heavy atom. The number of halogens is 1. The third kappa shape index (κ3) is 11.9. The Balaban J connectivity index is 0.00000625. The van der Waals surface area contributed by atoms with Gasteiger partial charge in [0.05, 0.1) is 18.8 Å². The third-order valence-electron chi connectivity index (χ3n) is 3.54. The summed E-state index contributed by atoms with van der Waals surface area (Å²) in [5, 5.41) is 19.7. The maximum Gasteiger partial charge on any atom is 0.242 e. The van der Waals surface area contributed by atoms with E-state index >= 15 is 0 Å². The second-order valence-electron chi connectivity index (χ2n) is 7.73. The summed E-state index contributed by atoms with van der Waals surface area (Å²) in [5.41, 5.74) is -1.18. The van der Waals surface area contributed by atoms with Crippen molar-refractivity contribution in [2.75, 3.05) is 52.5 Å². The molecule has 1 fully saturated rings. The molecule has 154 valence electrons. The number of ether oxygens (including phenoxy) is 1. The molecular formula is C17H36IN5O3. The average Bonchev–Trinajstić information content (AvgIpc) is 2.49. The van der Waals surface area contributed by atoms with E-state index in [1.165, 1.54) is 0 Å². The molecule has 1 aliphatic heterocycles. The van der Waals surface area contributed by atoms with Crippen LogP contribution in [0.15, 0.2) is 4.99 Å². The van der Waals surface area contributed by atoms with Crippen molar-refractivity contribution in [2.24, 2.45) is 4.99 Å². The predicted octanol–water partition coefficient (Wildman–Crippen LogP) is 0.157. The number of morpholine rings is 1. The standard InChI is InChI=1S/C17H35N5O3.HI/c1-6-18-15(19-11-14(23)21-16(2,3)4)20-12-17(5,24)13-22-7-9-25-10-8-22;/h24H,6-13H2,1-5H3,(H,21,23)(H2,18,19,20);1H. The highest BCUT2D eigenvalue weighted by molar-refractivity contribution is 14.0. The lowest BCUT2D eigenvalue weighted by molar-refractivity contribution is -0.121. The Labute approximate surface area is 174 Å². The number of nitrogens with one attached hydrogen (secondary N) is 3. The van der Waals surface area contributed by atoms with Gasteiger partial charge in [0, 0.05) is 38.3 Å². The summed E-state index contributed by atoms with van der Waals surface area (Å²) in [4.78, 5) is 18.4. The molecule has 0 aromatic carbocycles. The summed E-state index contributed by atoms with van der Waals surface area (Å²) in [5.74, 6) is 0.388. The van der Waals surface area contributed by atoms with Gasteiger partial charge < -0.3 is 25.8 Å². The summed E-state index contributed by atoms with van der Waals surface area (Å²) >= 11 is 0. The summed E-state index contributed by atoms with van der Waals surface area (Å²) < 4.78 is 5.33. The molecular weight excluding hydrogens is 449 g/mol. The Kier molecular flexibility index (Phi) is 11.6. The van der Waals surface area contributed by atoms with Crippen molar-refractivity contribution >= 4 is 35.8 Å². The zero-order chi connectivity index (χ0) is 18.9. The van der Waals surface area contributed by atoms with Crippen LogP contribution < -0.4 is 16.0 Å². The van der Waals surface area contributed by atoms with E-state index in [2.05, 4.69) is 25.8 Å². The summed E-state index contributed by atoms with van der Waals surface area (Å²) in [7, 11) is 0. The molecule has 0 spiro atoms. The van der Waals surface area contributed by atoms with Crippen LogP contribution in [0.3, 0.4) is 0 Å². The largest absolute Gasteiger partial charge is 0.387 e. The van der Waals surface area contributed by atoms with Gasteiger partial charge in [0.15, 0.2) is 5.96 Å². The van der Waals surface area contributed by atoms with E-state index in [0.29, 0.717) is 38.8 Å². The van der Waals surface area contributed by atoms with Gasteiger partial charge in [-0.2, -0.15) is 0 Å². The van der Waals surface area contributed by atoms with E-state index < -0.39 is 5.60 Å². The van der Waals surface area contributed by atoms with E-state index in [1.54, 1.807) is 6.92 Å². The molecule has 0 aromatic rings. The Morgan fingerprint density at radius 2 is 1.81 bits per heavy atom. The highest BCUT2D eigenvalue weighted by Crippen LogP contribution is 2.07. The number of hydrogen-bond donors (Lipinski definition) is 4. The van der Waals surface area contributed by atoms with Crippen molar-refractivity contribution in [3.05, 3.63) is 0 Å². The quantitative estimate of drug-likeness (QED) is 0.233. The zero-order valence-electron chi connectivity index (χ0n) is 16.7. The van der Waals surface area contributed by atoms with Crippen molar-refractivity contribution in [3.8, 4) is 0 Å². The van der Waals surface area contributed by atoms with Gasteiger partial charge in [0.2, 0.25) is 5.91 Å². The van der Waals surface area contributed by atoms with E-state index in [9.17, 15) is 9.90 Å². The Morgan fingerprint density at radius 3 is 2.35 bits per heavy atom. The number of aliphatic hydroxyl groups is 1. The minimum atomic E-state index is -0.902. The monoisotopic (exact) mass is 485 g/mol. The molecule has 1 unspecified atom stereocenters. The molecule has 1 amide bonds.